The average molecular weight is 533 g/mol. The van der Waals surface area contributed by atoms with Crippen molar-refractivity contribution in [2.24, 2.45) is 0 Å². The summed E-state index contributed by atoms with van der Waals surface area (Å²) in [5.74, 6) is 2.68. The van der Waals surface area contributed by atoms with E-state index in [2.05, 4.69) is 77.6 Å². The maximum atomic E-state index is 6.26. The van der Waals surface area contributed by atoms with Gasteiger partial charge >= 0.3 is 0 Å². The van der Waals surface area contributed by atoms with E-state index in [0.29, 0.717) is 19.7 Å². The van der Waals surface area contributed by atoms with Crippen LogP contribution in [0.3, 0.4) is 0 Å². The lowest BCUT2D eigenvalue weighted by Gasteiger charge is -2.20. The molecule has 9 heteroatoms. The van der Waals surface area contributed by atoms with Crippen LogP contribution in [-0.2, 0) is 16.0 Å². The molecule has 2 aromatic carbocycles. The first-order valence-electron chi connectivity index (χ1n) is 13.3. The van der Waals surface area contributed by atoms with E-state index in [-0.39, 0.29) is 18.2 Å². The molecule has 8 nitrogen and oxygen atoms in total. The molecule has 3 heterocycles. The second-order valence-corrected chi connectivity index (χ2v) is 10.5. The minimum absolute atomic E-state index is 0.0889. The Morgan fingerprint density at radius 3 is 2.47 bits per heavy atom. The fourth-order valence-corrected chi connectivity index (χ4v) is 5.44. The molecule has 2 aromatic heterocycles. The molecule has 0 amide bonds. The Kier molecular flexibility index (Phi) is 9.24. The molecule has 1 saturated heterocycles. The van der Waals surface area contributed by atoms with Crippen LogP contribution in [0.2, 0.25) is 0 Å². The van der Waals surface area contributed by atoms with Crippen molar-refractivity contribution < 1.29 is 9.47 Å². The minimum Gasteiger partial charge on any atom is -0.382 e. The van der Waals surface area contributed by atoms with Crippen LogP contribution in [0.5, 0.6) is 0 Å². The molecular weight excluding hydrogens is 496 g/mol. The number of rotatable bonds is 13. The molecule has 5 rings (SSSR count). The molecule has 0 saturated carbocycles. The fraction of sp³-hybridized carbons (Fsp3) is 0.414. The molecule has 1 fully saturated rings. The molecule has 38 heavy (non-hydrogen) atoms. The van der Waals surface area contributed by atoms with Gasteiger partial charge in [-0.1, -0.05) is 79.5 Å². The maximum Gasteiger partial charge on any atom is 0.167 e. The summed E-state index contributed by atoms with van der Waals surface area (Å²) in [6, 6.07) is 21.2. The highest BCUT2D eigenvalue weighted by atomic mass is 32.2. The molecular formula is C29H36N6O2S. The van der Waals surface area contributed by atoms with E-state index in [4.69, 9.17) is 24.4 Å². The maximum absolute atomic E-state index is 6.26. The summed E-state index contributed by atoms with van der Waals surface area (Å²) in [5, 5.41) is 3.64. The molecule has 0 spiro atoms. The van der Waals surface area contributed by atoms with Gasteiger partial charge in [0.2, 0.25) is 0 Å². The van der Waals surface area contributed by atoms with Crippen molar-refractivity contribution in [3.8, 4) is 0 Å². The second-order valence-electron chi connectivity index (χ2n) is 9.48. The number of fused-ring (bicyclic) bond motifs is 1. The standard InChI is InChI=1S/C29H36N6O2S/c1-3-16-38-32-18-25-33-28(27-29(34-25)35(20-31-27)26-15-14-23(37-26)19-36-2)30-17-24(21-10-6-4-7-11-21)22-12-8-5-9-13-22/h4-13,20,23-24,26,32H,3,14-19H2,1-2H3,(H,30,33,34). The number of methoxy groups -OCH3 is 1. The van der Waals surface area contributed by atoms with Crippen LogP contribution in [-0.4, -0.2) is 51.6 Å². The minimum atomic E-state index is -0.112. The largest absolute Gasteiger partial charge is 0.382 e. The molecule has 4 aromatic rings. The van der Waals surface area contributed by atoms with Gasteiger partial charge in [0.15, 0.2) is 17.0 Å². The van der Waals surface area contributed by atoms with Crippen molar-refractivity contribution in [1.29, 1.82) is 0 Å². The molecule has 0 radical (unpaired) electrons. The van der Waals surface area contributed by atoms with Crippen LogP contribution >= 0.6 is 11.9 Å². The molecule has 200 valence electrons. The van der Waals surface area contributed by atoms with Gasteiger partial charge < -0.3 is 14.8 Å². The topological polar surface area (TPSA) is 86.1 Å². The van der Waals surface area contributed by atoms with E-state index in [1.807, 2.05) is 10.9 Å². The van der Waals surface area contributed by atoms with Crippen molar-refractivity contribution >= 4 is 28.9 Å². The number of hydrogen-bond donors (Lipinski definition) is 2. The van der Waals surface area contributed by atoms with E-state index in [1.165, 1.54) is 11.1 Å². The number of hydrogen-bond acceptors (Lipinski definition) is 8. The van der Waals surface area contributed by atoms with Gasteiger partial charge in [-0.2, -0.15) is 0 Å². The molecule has 0 aliphatic carbocycles. The van der Waals surface area contributed by atoms with Crippen molar-refractivity contribution in [2.75, 3.05) is 31.3 Å². The van der Waals surface area contributed by atoms with Gasteiger partial charge in [-0.15, -0.1) is 0 Å². The van der Waals surface area contributed by atoms with E-state index >= 15 is 0 Å². The van der Waals surface area contributed by atoms with E-state index in [0.717, 1.165) is 47.8 Å². The Morgan fingerprint density at radius 2 is 1.79 bits per heavy atom. The Bertz CT molecular complexity index is 1250. The summed E-state index contributed by atoms with van der Waals surface area (Å²) in [5.41, 5.74) is 4.05. The van der Waals surface area contributed by atoms with Gasteiger partial charge in [0.05, 0.1) is 25.6 Å². The van der Waals surface area contributed by atoms with E-state index < -0.39 is 0 Å². The van der Waals surface area contributed by atoms with Gasteiger partial charge in [0.25, 0.3) is 0 Å². The highest BCUT2D eigenvalue weighted by Gasteiger charge is 2.29. The zero-order chi connectivity index (χ0) is 26.2. The van der Waals surface area contributed by atoms with Gasteiger partial charge in [-0.05, 0) is 30.4 Å². The number of nitrogens with zero attached hydrogens (tertiary/aromatic N) is 4. The van der Waals surface area contributed by atoms with E-state index in [9.17, 15) is 0 Å². The normalized spacial score (nSPS) is 17.4. The van der Waals surface area contributed by atoms with Gasteiger partial charge in [-0.25, -0.2) is 15.0 Å². The van der Waals surface area contributed by atoms with Crippen LogP contribution < -0.4 is 10.0 Å². The van der Waals surface area contributed by atoms with Crippen molar-refractivity contribution in [3.63, 3.8) is 0 Å². The molecule has 2 atom stereocenters. The second kappa shape index (κ2) is 13.2. The molecule has 2 unspecified atom stereocenters. The summed E-state index contributed by atoms with van der Waals surface area (Å²) in [4.78, 5) is 14.6. The number of imidazole rings is 1. The molecule has 1 aliphatic rings. The SMILES string of the molecule is CCCSNCc1nc(NCC(c2ccccc2)c2ccccc2)c2ncn(C3CCC(COC)O3)c2n1. The molecule has 2 N–H and O–H groups in total. The zero-order valence-corrected chi connectivity index (χ0v) is 22.9. The number of anilines is 1. The van der Waals surface area contributed by atoms with Crippen LogP contribution in [0.15, 0.2) is 67.0 Å². The summed E-state index contributed by atoms with van der Waals surface area (Å²) < 4.78 is 17.0. The summed E-state index contributed by atoms with van der Waals surface area (Å²) >= 11 is 1.70. The predicted octanol–water partition coefficient (Wildman–Crippen LogP) is 5.54. The van der Waals surface area contributed by atoms with Crippen molar-refractivity contribution in [3.05, 3.63) is 83.9 Å². The lowest BCUT2D eigenvalue weighted by molar-refractivity contribution is -0.0300. The molecule has 0 bridgehead atoms. The van der Waals surface area contributed by atoms with Crippen LogP contribution in [0.1, 0.15) is 55.3 Å². The van der Waals surface area contributed by atoms with Crippen molar-refractivity contribution in [1.82, 2.24) is 24.2 Å². The lowest BCUT2D eigenvalue weighted by Crippen LogP contribution is -2.18. The summed E-state index contributed by atoms with van der Waals surface area (Å²) in [7, 11) is 1.71. The first-order chi connectivity index (χ1) is 18.8. The number of benzene rings is 2. The summed E-state index contributed by atoms with van der Waals surface area (Å²) in [6.07, 6.45) is 4.77. The smallest absolute Gasteiger partial charge is 0.167 e. The number of aromatic nitrogens is 4. The molecule has 1 aliphatic heterocycles. The highest BCUT2D eigenvalue weighted by Crippen LogP contribution is 2.32. The predicted molar refractivity (Wildman–Crippen MR) is 153 cm³/mol. The monoisotopic (exact) mass is 532 g/mol. The third kappa shape index (κ3) is 6.35. The Morgan fingerprint density at radius 1 is 1.05 bits per heavy atom. The Labute approximate surface area is 228 Å². The van der Waals surface area contributed by atoms with Gasteiger partial charge in [0.1, 0.15) is 12.1 Å². The van der Waals surface area contributed by atoms with Crippen molar-refractivity contribution in [2.45, 2.75) is 51.0 Å². The summed E-state index contributed by atoms with van der Waals surface area (Å²) in [6.45, 7) is 4.01. The Balaban J connectivity index is 1.44. The van der Waals surface area contributed by atoms with Gasteiger partial charge in [0, 0.05) is 25.3 Å². The van der Waals surface area contributed by atoms with E-state index in [1.54, 1.807) is 19.1 Å². The third-order valence-corrected chi connectivity index (χ3v) is 7.69. The van der Waals surface area contributed by atoms with Crippen LogP contribution in [0, 0.1) is 0 Å². The fourth-order valence-electron chi connectivity index (χ4n) is 4.86. The average Bonchev–Trinajstić information content (AvgIpc) is 3.60. The van der Waals surface area contributed by atoms with Gasteiger partial charge in [-0.3, -0.25) is 9.29 Å². The van der Waals surface area contributed by atoms with Crippen LogP contribution in [0.25, 0.3) is 11.2 Å². The number of nitrogens with one attached hydrogen (secondary N) is 2. The first-order valence-corrected chi connectivity index (χ1v) is 14.3. The lowest BCUT2D eigenvalue weighted by atomic mass is 9.91. The number of ether oxygens (including phenoxy) is 2. The zero-order valence-electron chi connectivity index (χ0n) is 22.0. The van der Waals surface area contributed by atoms with Crippen LogP contribution in [0.4, 0.5) is 5.82 Å². The quantitative estimate of drug-likeness (QED) is 0.171. The Hall–Kier alpha value is -2.98. The third-order valence-electron chi connectivity index (χ3n) is 6.73. The first kappa shape index (κ1) is 26.6. The highest BCUT2D eigenvalue weighted by molar-refractivity contribution is 7.97.